The topological polar surface area (TPSA) is 17.8 Å². The summed E-state index contributed by atoms with van der Waals surface area (Å²) in [5.41, 5.74) is 1.00. The molecule has 2 nitrogen and oxygen atoms in total. The minimum atomic E-state index is 0.620. The Morgan fingerprint density at radius 3 is 2.29 bits per heavy atom. The molecule has 2 aromatic rings. The van der Waals surface area contributed by atoms with E-state index in [4.69, 9.17) is 23.2 Å². The van der Waals surface area contributed by atoms with Crippen LogP contribution < -0.4 is 0 Å². The third-order valence-electron chi connectivity index (χ3n) is 2.03. The molecule has 0 fully saturated rings. The Bertz CT molecular complexity index is 446. The third kappa shape index (κ3) is 1.63. The van der Waals surface area contributed by atoms with E-state index in [0.717, 1.165) is 11.4 Å². The Morgan fingerprint density at radius 1 is 1.14 bits per heavy atom. The highest BCUT2D eigenvalue weighted by molar-refractivity contribution is 6.30. The Hall–Kier alpha value is -0.990. The van der Waals surface area contributed by atoms with E-state index in [1.807, 2.05) is 35.9 Å². The van der Waals surface area contributed by atoms with E-state index in [1.165, 1.54) is 0 Å². The molecule has 0 aliphatic heterocycles. The standard InChI is InChI=1S/C10H8Cl2N2/c1-14-9(12)6-13-10(14)7-2-4-8(11)5-3-7/h2-6H,1H3. The highest BCUT2D eigenvalue weighted by Gasteiger charge is 2.06. The zero-order chi connectivity index (χ0) is 10.1. The largest absolute Gasteiger partial charge is 0.318 e. The fraction of sp³-hybridized carbons (Fsp3) is 0.100. The van der Waals surface area contributed by atoms with Gasteiger partial charge in [0.2, 0.25) is 0 Å². The smallest absolute Gasteiger partial charge is 0.140 e. The molecule has 2 rings (SSSR count). The Balaban J connectivity index is 2.49. The first-order valence-corrected chi connectivity index (χ1v) is 4.87. The highest BCUT2D eigenvalue weighted by Crippen LogP contribution is 2.22. The van der Waals surface area contributed by atoms with E-state index >= 15 is 0 Å². The second-order valence-electron chi connectivity index (χ2n) is 2.97. The van der Waals surface area contributed by atoms with Gasteiger partial charge in [-0.15, -0.1) is 0 Å². The first-order chi connectivity index (χ1) is 6.68. The molecule has 1 aromatic heterocycles. The molecule has 0 radical (unpaired) electrons. The van der Waals surface area contributed by atoms with Crippen LogP contribution in [0.4, 0.5) is 0 Å². The lowest BCUT2D eigenvalue weighted by Crippen LogP contribution is -1.92. The van der Waals surface area contributed by atoms with Crippen molar-refractivity contribution in [3.05, 3.63) is 40.6 Å². The number of nitrogens with zero attached hydrogens (tertiary/aromatic N) is 2. The maximum Gasteiger partial charge on any atom is 0.140 e. The van der Waals surface area contributed by atoms with Crippen LogP contribution in [-0.2, 0) is 7.05 Å². The van der Waals surface area contributed by atoms with Gasteiger partial charge in [-0.3, -0.25) is 0 Å². The van der Waals surface area contributed by atoms with Crippen molar-refractivity contribution in [2.24, 2.45) is 7.05 Å². The van der Waals surface area contributed by atoms with Crippen molar-refractivity contribution < 1.29 is 0 Å². The minimum Gasteiger partial charge on any atom is -0.318 e. The molecule has 4 heteroatoms. The van der Waals surface area contributed by atoms with Crippen LogP contribution in [0.3, 0.4) is 0 Å². The lowest BCUT2D eigenvalue weighted by atomic mass is 10.2. The van der Waals surface area contributed by atoms with Crippen molar-refractivity contribution in [2.75, 3.05) is 0 Å². The fourth-order valence-corrected chi connectivity index (χ4v) is 1.51. The first-order valence-electron chi connectivity index (χ1n) is 4.11. The number of halogens is 2. The van der Waals surface area contributed by atoms with Crippen LogP contribution in [0.1, 0.15) is 0 Å². The molecule has 0 saturated heterocycles. The number of rotatable bonds is 1. The molecule has 0 aliphatic rings. The summed E-state index contributed by atoms with van der Waals surface area (Å²) in [7, 11) is 1.87. The average molecular weight is 227 g/mol. The van der Waals surface area contributed by atoms with Gasteiger partial charge in [0, 0.05) is 17.6 Å². The van der Waals surface area contributed by atoms with Crippen LogP contribution in [0.5, 0.6) is 0 Å². The molecule has 0 bridgehead atoms. The molecule has 0 saturated carbocycles. The molecule has 0 amide bonds. The van der Waals surface area contributed by atoms with Gasteiger partial charge in [0.05, 0.1) is 6.20 Å². The Labute approximate surface area is 92.1 Å². The lowest BCUT2D eigenvalue weighted by Gasteiger charge is -2.02. The van der Waals surface area contributed by atoms with E-state index in [-0.39, 0.29) is 0 Å². The lowest BCUT2D eigenvalue weighted by molar-refractivity contribution is 0.926. The van der Waals surface area contributed by atoms with E-state index < -0.39 is 0 Å². The molecule has 14 heavy (non-hydrogen) atoms. The second-order valence-corrected chi connectivity index (χ2v) is 3.79. The van der Waals surface area contributed by atoms with Gasteiger partial charge in [-0.05, 0) is 24.3 Å². The monoisotopic (exact) mass is 226 g/mol. The van der Waals surface area contributed by atoms with Gasteiger partial charge in [0.15, 0.2) is 0 Å². The fourth-order valence-electron chi connectivity index (χ4n) is 1.26. The second kappa shape index (κ2) is 3.64. The van der Waals surface area contributed by atoms with Gasteiger partial charge in [0.25, 0.3) is 0 Å². The van der Waals surface area contributed by atoms with Crippen molar-refractivity contribution in [3.8, 4) is 11.4 Å². The third-order valence-corrected chi connectivity index (χ3v) is 2.64. The molecular weight excluding hydrogens is 219 g/mol. The minimum absolute atomic E-state index is 0.620. The summed E-state index contributed by atoms with van der Waals surface area (Å²) in [6, 6.07) is 7.50. The SMILES string of the molecule is Cn1c(Cl)cnc1-c1ccc(Cl)cc1. The molecule has 1 heterocycles. The van der Waals surface area contributed by atoms with Crippen molar-refractivity contribution >= 4 is 23.2 Å². The average Bonchev–Trinajstić information content (AvgIpc) is 2.50. The van der Waals surface area contributed by atoms with Crippen LogP contribution >= 0.6 is 23.2 Å². The van der Waals surface area contributed by atoms with Crippen LogP contribution in [0, 0.1) is 0 Å². The molecule has 1 aromatic carbocycles. The molecular formula is C10H8Cl2N2. The number of aromatic nitrogens is 2. The van der Waals surface area contributed by atoms with Gasteiger partial charge in [-0.2, -0.15) is 0 Å². The number of hydrogen-bond acceptors (Lipinski definition) is 1. The van der Waals surface area contributed by atoms with Gasteiger partial charge >= 0.3 is 0 Å². The first kappa shape index (κ1) is 9.56. The van der Waals surface area contributed by atoms with Crippen molar-refractivity contribution in [1.82, 2.24) is 9.55 Å². The summed E-state index contributed by atoms with van der Waals surface area (Å²) in [6.45, 7) is 0. The van der Waals surface area contributed by atoms with E-state index in [1.54, 1.807) is 6.20 Å². The summed E-state index contributed by atoms with van der Waals surface area (Å²) in [4.78, 5) is 4.20. The number of hydrogen-bond donors (Lipinski definition) is 0. The summed E-state index contributed by atoms with van der Waals surface area (Å²) in [5.74, 6) is 0.840. The molecule has 72 valence electrons. The summed E-state index contributed by atoms with van der Waals surface area (Å²) in [6.07, 6.45) is 1.63. The molecule has 0 aliphatic carbocycles. The normalized spacial score (nSPS) is 10.5. The number of benzene rings is 1. The summed E-state index contributed by atoms with van der Waals surface area (Å²) < 4.78 is 1.82. The molecule has 0 atom stereocenters. The maximum absolute atomic E-state index is 5.88. The predicted molar refractivity (Wildman–Crippen MR) is 58.7 cm³/mol. The number of imidazole rings is 1. The summed E-state index contributed by atoms with van der Waals surface area (Å²) >= 11 is 11.7. The zero-order valence-electron chi connectivity index (χ0n) is 7.54. The quantitative estimate of drug-likeness (QED) is 0.730. The van der Waals surface area contributed by atoms with Crippen LogP contribution in [0.15, 0.2) is 30.5 Å². The van der Waals surface area contributed by atoms with Crippen LogP contribution in [0.25, 0.3) is 11.4 Å². The van der Waals surface area contributed by atoms with Gasteiger partial charge in [-0.25, -0.2) is 4.98 Å². The van der Waals surface area contributed by atoms with Gasteiger partial charge in [0.1, 0.15) is 11.0 Å². The van der Waals surface area contributed by atoms with Crippen LogP contribution in [-0.4, -0.2) is 9.55 Å². The van der Waals surface area contributed by atoms with Gasteiger partial charge in [-0.1, -0.05) is 23.2 Å². The highest BCUT2D eigenvalue weighted by atomic mass is 35.5. The van der Waals surface area contributed by atoms with E-state index in [9.17, 15) is 0 Å². The van der Waals surface area contributed by atoms with Crippen LogP contribution in [0.2, 0.25) is 10.2 Å². The van der Waals surface area contributed by atoms with E-state index in [2.05, 4.69) is 4.98 Å². The van der Waals surface area contributed by atoms with Crippen molar-refractivity contribution in [2.45, 2.75) is 0 Å². The molecule has 0 unspecified atom stereocenters. The Morgan fingerprint density at radius 2 is 1.79 bits per heavy atom. The van der Waals surface area contributed by atoms with Crippen molar-refractivity contribution in [1.29, 1.82) is 0 Å². The summed E-state index contributed by atoms with van der Waals surface area (Å²) in [5, 5.41) is 1.34. The molecule has 0 spiro atoms. The zero-order valence-corrected chi connectivity index (χ0v) is 9.05. The Kier molecular flexibility index (Phi) is 2.48. The van der Waals surface area contributed by atoms with E-state index in [0.29, 0.717) is 10.2 Å². The van der Waals surface area contributed by atoms with Crippen molar-refractivity contribution in [3.63, 3.8) is 0 Å². The van der Waals surface area contributed by atoms with Gasteiger partial charge < -0.3 is 4.57 Å². The molecule has 0 N–H and O–H groups in total. The maximum atomic E-state index is 5.88. The predicted octanol–water partition coefficient (Wildman–Crippen LogP) is 3.39.